The van der Waals surface area contributed by atoms with Gasteiger partial charge in [0.15, 0.2) is 0 Å². The maximum atomic E-state index is 12.8. The Morgan fingerprint density at radius 3 is 2.29 bits per heavy atom. The molecule has 152 valence electrons. The van der Waals surface area contributed by atoms with Gasteiger partial charge in [-0.05, 0) is 42.8 Å². The first-order valence-electron chi connectivity index (χ1n) is 8.60. The molecule has 28 heavy (non-hydrogen) atoms. The van der Waals surface area contributed by atoms with Crippen molar-refractivity contribution in [2.75, 3.05) is 18.4 Å². The summed E-state index contributed by atoms with van der Waals surface area (Å²) >= 11 is 0. The molecule has 5 nitrogen and oxygen atoms in total. The third-order valence-corrected chi connectivity index (χ3v) is 6.41. The predicted molar refractivity (Wildman–Crippen MR) is 101 cm³/mol. The minimum Gasteiger partial charge on any atom is -0.322 e. The van der Waals surface area contributed by atoms with Crippen LogP contribution in [-0.2, 0) is 16.2 Å². The average molecular weight is 414 g/mol. The van der Waals surface area contributed by atoms with E-state index in [2.05, 4.69) is 5.32 Å². The number of rotatable bonds is 6. The second kappa shape index (κ2) is 8.32. The van der Waals surface area contributed by atoms with E-state index in [-0.39, 0.29) is 29.2 Å². The Bertz CT molecular complexity index is 969. The molecule has 0 radical (unpaired) electrons. The highest BCUT2D eigenvalue weighted by atomic mass is 32.2. The van der Waals surface area contributed by atoms with Gasteiger partial charge in [-0.25, -0.2) is 8.42 Å². The molecular formula is C19H21F3N2O3S. The van der Waals surface area contributed by atoms with Gasteiger partial charge >= 0.3 is 6.18 Å². The fraction of sp³-hybridized carbons (Fsp3) is 0.316. The van der Waals surface area contributed by atoms with Gasteiger partial charge in [0.1, 0.15) is 0 Å². The maximum Gasteiger partial charge on any atom is 0.416 e. The van der Waals surface area contributed by atoms with E-state index >= 15 is 0 Å². The fourth-order valence-corrected chi connectivity index (χ4v) is 4.41. The van der Waals surface area contributed by atoms with Crippen molar-refractivity contribution in [3.8, 4) is 0 Å². The molecule has 0 aromatic heterocycles. The third kappa shape index (κ3) is 4.71. The monoisotopic (exact) mass is 414 g/mol. The topological polar surface area (TPSA) is 66.5 Å². The highest BCUT2D eigenvalue weighted by Crippen LogP contribution is 2.31. The number of anilines is 1. The van der Waals surface area contributed by atoms with Crippen molar-refractivity contribution in [3.63, 3.8) is 0 Å². The van der Waals surface area contributed by atoms with Crippen molar-refractivity contribution in [3.05, 3.63) is 59.2 Å². The molecule has 0 heterocycles. The minimum atomic E-state index is -4.53. The van der Waals surface area contributed by atoms with Crippen molar-refractivity contribution < 1.29 is 26.4 Å². The Balaban J connectivity index is 2.36. The number of hydrogen-bond donors (Lipinski definition) is 1. The van der Waals surface area contributed by atoms with Gasteiger partial charge in [0.25, 0.3) is 5.91 Å². The Hall–Kier alpha value is -2.39. The zero-order chi connectivity index (χ0) is 21.1. The predicted octanol–water partition coefficient (Wildman–Crippen LogP) is 4.30. The second-order valence-corrected chi connectivity index (χ2v) is 8.01. The standard InChI is InChI=1S/C19H21F3N2O3S/c1-4-24(5-2)28(26,27)17-11-14(10-9-13(17)3)18(25)23-16-8-6-7-15(12-16)19(20,21)22/h6-12H,4-5H2,1-3H3,(H,23,25). The molecule has 0 unspecified atom stereocenters. The van der Waals surface area contributed by atoms with Crippen molar-refractivity contribution in [2.24, 2.45) is 0 Å². The van der Waals surface area contributed by atoms with Crippen LogP contribution in [0.2, 0.25) is 0 Å². The quantitative estimate of drug-likeness (QED) is 0.767. The van der Waals surface area contributed by atoms with E-state index in [1.54, 1.807) is 20.8 Å². The summed E-state index contributed by atoms with van der Waals surface area (Å²) < 4.78 is 65.3. The molecule has 2 aromatic rings. The van der Waals surface area contributed by atoms with Crippen LogP contribution in [0.3, 0.4) is 0 Å². The number of alkyl halides is 3. The maximum absolute atomic E-state index is 12.8. The fourth-order valence-electron chi connectivity index (χ4n) is 2.70. The molecule has 0 fully saturated rings. The molecule has 0 bridgehead atoms. The van der Waals surface area contributed by atoms with Crippen LogP contribution in [0.1, 0.15) is 35.3 Å². The number of nitrogens with one attached hydrogen (secondary N) is 1. The summed E-state index contributed by atoms with van der Waals surface area (Å²) in [7, 11) is -3.78. The zero-order valence-electron chi connectivity index (χ0n) is 15.7. The normalized spacial score (nSPS) is 12.2. The largest absolute Gasteiger partial charge is 0.416 e. The summed E-state index contributed by atoms with van der Waals surface area (Å²) in [5, 5.41) is 2.38. The number of amides is 1. The number of benzene rings is 2. The molecular weight excluding hydrogens is 393 g/mol. The lowest BCUT2D eigenvalue weighted by molar-refractivity contribution is -0.137. The van der Waals surface area contributed by atoms with Crippen LogP contribution >= 0.6 is 0 Å². The molecule has 0 spiro atoms. The lowest BCUT2D eigenvalue weighted by Crippen LogP contribution is -2.31. The van der Waals surface area contributed by atoms with Gasteiger partial charge in [0, 0.05) is 24.3 Å². The van der Waals surface area contributed by atoms with Gasteiger partial charge in [-0.2, -0.15) is 17.5 Å². The van der Waals surface area contributed by atoms with Crippen LogP contribution in [0.25, 0.3) is 0 Å². The third-order valence-electron chi connectivity index (χ3n) is 4.22. The van der Waals surface area contributed by atoms with Gasteiger partial charge in [-0.3, -0.25) is 4.79 Å². The van der Waals surface area contributed by atoms with Crippen molar-refractivity contribution >= 4 is 21.6 Å². The molecule has 1 amide bonds. The molecule has 0 atom stereocenters. The number of sulfonamides is 1. The Morgan fingerprint density at radius 1 is 1.07 bits per heavy atom. The van der Waals surface area contributed by atoms with Crippen LogP contribution < -0.4 is 5.32 Å². The van der Waals surface area contributed by atoms with E-state index in [9.17, 15) is 26.4 Å². The number of nitrogens with zero attached hydrogens (tertiary/aromatic N) is 1. The SMILES string of the molecule is CCN(CC)S(=O)(=O)c1cc(C(=O)Nc2cccc(C(F)(F)F)c2)ccc1C. The molecule has 0 saturated heterocycles. The van der Waals surface area contributed by atoms with Crippen LogP contribution in [0, 0.1) is 6.92 Å². The van der Waals surface area contributed by atoms with Gasteiger partial charge < -0.3 is 5.32 Å². The second-order valence-electron chi connectivity index (χ2n) is 6.10. The Kier molecular flexibility index (Phi) is 6.51. The van der Waals surface area contributed by atoms with Gasteiger partial charge in [-0.1, -0.05) is 26.0 Å². The van der Waals surface area contributed by atoms with Crippen LogP contribution in [0.5, 0.6) is 0 Å². The number of aryl methyl sites for hydroxylation is 1. The van der Waals surface area contributed by atoms with Gasteiger partial charge in [0.05, 0.1) is 10.5 Å². The van der Waals surface area contributed by atoms with E-state index in [4.69, 9.17) is 0 Å². The Morgan fingerprint density at radius 2 is 1.71 bits per heavy atom. The molecule has 1 N–H and O–H groups in total. The summed E-state index contributed by atoms with van der Waals surface area (Å²) in [6, 6.07) is 8.40. The first-order chi connectivity index (χ1) is 13.0. The van der Waals surface area contributed by atoms with Gasteiger partial charge in [0.2, 0.25) is 10.0 Å². The van der Waals surface area contributed by atoms with Crippen molar-refractivity contribution in [1.82, 2.24) is 4.31 Å². The molecule has 0 saturated carbocycles. The van der Waals surface area contributed by atoms with Crippen LogP contribution in [0.4, 0.5) is 18.9 Å². The number of carbonyl (C=O) groups is 1. The summed E-state index contributed by atoms with van der Waals surface area (Å²) in [5.41, 5.74) is -0.413. The highest BCUT2D eigenvalue weighted by Gasteiger charge is 2.30. The number of hydrogen-bond acceptors (Lipinski definition) is 3. The molecule has 2 aromatic carbocycles. The molecule has 0 aliphatic rings. The van der Waals surface area contributed by atoms with Crippen LogP contribution in [-0.4, -0.2) is 31.7 Å². The molecule has 2 rings (SSSR count). The highest BCUT2D eigenvalue weighted by molar-refractivity contribution is 7.89. The average Bonchev–Trinajstić information content (AvgIpc) is 2.62. The van der Waals surface area contributed by atoms with Gasteiger partial charge in [-0.15, -0.1) is 0 Å². The van der Waals surface area contributed by atoms with E-state index in [0.29, 0.717) is 5.56 Å². The van der Waals surface area contributed by atoms with E-state index in [1.165, 1.54) is 34.6 Å². The first-order valence-corrected chi connectivity index (χ1v) is 10.0. The summed E-state index contributed by atoms with van der Waals surface area (Å²) in [6.07, 6.45) is -4.53. The summed E-state index contributed by atoms with van der Waals surface area (Å²) in [4.78, 5) is 12.5. The Labute approximate surface area is 162 Å². The van der Waals surface area contributed by atoms with Crippen molar-refractivity contribution in [2.45, 2.75) is 31.8 Å². The van der Waals surface area contributed by atoms with E-state index in [0.717, 1.165) is 12.1 Å². The zero-order valence-corrected chi connectivity index (χ0v) is 16.5. The van der Waals surface area contributed by atoms with Crippen molar-refractivity contribution in [1.29, 1.82) is 0 Å². The molecule has 0 aliphatic heterocycles. The number of carbonyl (C=O) groups excluding carboxylic acids is 1. The van der Waals surface area contributed by atoms with E-state index < -0.39 is 27.7 Å². The smallest absolute Gasteiger partial charge is 0.322 e. The number of halogens is 3. The molecule has 0 aliphatic carbocycles. The summed E-state index contributed by atoms with van der Waals surface area (Å²) in [5.74, 6) is -0.699. The minimum absolute atomic E-state index is 0.00658. The van der Waals surface area contributed by atoms with Crippen LogP contribution in [0.15, 0.2) is 47.4 Å². The van der Waals surface area contributed by atoms with E-state index in [1.807, 2.05) is 0 Å². The first kappa shape index (κ1) is 21.9. The lowest BCUT2D eigenvalue weighted by Gasteiger charge is -2.20. The lowest BCUT2D eigenvalue weighted by atomic mass is 10.1. The summed E-state index contributed by atoms with van der Waals surface area (Å²) in [6.45, 7) is 5.59. The molecule has 9 heteroatoms.